The van der Waals surface area contributed by atoms with Gasteiger partial charge in [-0.25, -0.2) is 0 Å². The summed E-state index contributed by atoms with van der Waals surface area (Å²) >= 11 is 0. The van der Waals surface area contributed by atoms with Crippen molar-refractivity contribution in [1.82, 2.24) is 9.80 Å². The fourth-order valence-corrected chi connectivity index (χ4v) is 3.02. The van der Waals surface area contributed by atoms with Crippen molar-refractivity contribution in [2.24, 2.45) is 0 Å². The number of hydrogen-bond acceptors (Lipinski definition) is 3. The number of carbonyl (C=O) groups excluding carboxylic acids is 2. The maximum absolute atomic E-state index is 12.6. The fraction of sp³-hybridized carbons (Fsp3) is 0.300. The van der Waals surface area contributed by atoms with E-state index in [0.29, 0.717) is 37.4 Å². The molecule has 0 saturated carbocycles. The van der Waals surface area contributed by atoms with Crippen LogP contribution in [0.25, 0.3) is 0 Å². The molecular formula is C20H20F3N3O2. The minimum atomic E-state index is -4.40. The summed E-state index contributed by atoms with van der Waals surface area (Å²) in [6.07, 6.45) is -4.40. The summed E-state index contributed by atoms with van der Waals surface area (Å²) in [6.45, 7) is 2.26. The third-order valence-corrected chi connectivity index (χ3v) is 4.54. The van der Waals surface area contributed by atoms with Crippen molar-refractivity contribution < 1.29 is 22.8 Å². The highest BCUT2D eigenvalue weighted by Gasteiger charge is 2.30. The average Bonchev–Trinajstić information content (AvgIpc) is 2.68. The Hall–Kier alpha value is -2.87. The molecule has 3 rings (SSSR count). The van der Waals surface area contributed by atoms with Crippen LogP contribution in [-0.2, 0) is 11.0 Å². The number of benzene rings is 2. The summed E-state index contributed by atoms with van der Waals surface area (Å²) in [7, 11) is 0. The molecule has 0 bridgehead atoms. The number of piperazine rings is 1. The van der Waals surface area contributed by atoms with Gasteiger partial charge in [0.05, 0.1) is 12.1 Å². The van der Waals surface area contributed by atoms with Gasteiger partial charge in [-0.2, -0.15) is 13.2 Å². The van der Waals surface area contributed by atoms with Gasteiger partial charge in [0.2, 0.25) is 5.91 Å². The molecule has 1 aliphatic heterocycles. The number of amides is 2. The van der Waals surface area contributed by atoms with Crippen molar-refractivity contribution in [3.05, 3.63) is 65.7 Å². The van der Waals surface area contributed by atoms with E-state index in [1.807, 2.05) is 23.1 Å². The molecule has 1 fully saturated rings. The maximum Gasteiger partial charge on any atom is 0.416 e. The van der Waals surface area contributed by atoms with Crippen LogP contribution in [0.5, 0.6) is 0 Å². The summed E-state index contributed by atoms with van der Waals surface area (Å²) in [5.41, 5.74) is 0.191. The quantitative estimate of drug-likeness (QED) is 0.872. The smallest absolute Gasteiger partial charge is 0.336 e. The molecule has 8 heteroatoms. The van der Waals surface area contributed by atoms with Crippen LogP contribution in [0.1, 0.15) is 15.9 Å². The molecule has 1 heterocycles. The first-order chi connectivity index (χ1) is 13.3. The van der Waals surface area contributed by atoms with Crippen molar-refractivity contribution in [2.45, 2.75) is 6.18 Å². The Bertz CT molecular complexity index is 815. The lowest BCUT2D eigenvalue weighted by molar-refractivity contribution is -0.137. The van der Waals surface area contributed by atoms with Gasteiger partial charge < -0.3 is 10.2 Å². The second kappa shape index (κ2) is 8.43. The van der Waals surface area contributed by atoms with E-state index in [0.717, 1.165) is 12.1 Å². The van der Waals surface area contributed by atoms with Crippen LogP contribution in [0.4, 0.5) is 18.9 Å². The van der Waals surface area contributed by atoms with E-state index in [1.54, 1.807) is 17.0 Å². The molecule has 2 amide bonds. The monoisotopic (exact) mass is 391 g/mol. The molecule has 0 aromatic heterocycles. The Balaban J connectivity index is 1.47. The summed E-state index contributed by atoms with van der Waals surface area (Å²) in [6, 6.07) is 13.4. The number of carbonyl (C=O) groups is 2. The molecular weight excluding hydrogens is 371 g/mol. The maximum atomic E-state index is 12.6. The lowest BCUT2D eigenvalue weighted by atomic mass is 10.2. The molecule has 0 radical (unpaired) electrons. The van der Waals surface area contributed by atoms with Crippen molar-refractivity contribution in [3.8, 4) is 0 Å². The molecule has 1 aliphatic rings. The van der Waals surface area contributed by atoms with E-state index in [4.69, 9.17) is 0 Å². The largest absolute Gasteiger partial charge is 0.416 e. The van der Waals surface area contributed by atoms with Crippen molar-refractivity contribution in [3.63, 3.8) is 0 Å². The first-order valence-electron chi connectivity index (χ1n) is 8.87. The van der Waals surface area contributed by atoms with E-state index in [2.05, 4.69) is 5.32 Å². The van der Waals surface area contributed by atoms with Gasteiger partial charge >= 0.3 is 6.18 Å². The topological polar surface area (TPSA) is 52.7 Å². The SMILES string of the molecule is O=C(CN1CCN(C(=O)c2ccccc2)CC1)Nc1ccc(C(F)(F)F)cc1. The Labute approximate surface area is 160 Å². The number of nitrogens with zero attached hydrogens (tertiary/aromatic N) is 2. The standard InChI is InChI=1S/C20H20F3N3O2/c21-20(22,23)16-6-8-17(9-7-16)24-18(27)14-25-10-12-26(13-11-25)19(28)15-4-2-1-3-5-15/h1-9H,10-14H2,(H,24,27). The normalized spacial score (nSPS) is 15.3. The third kappa shape index (κ3) is 5.10. The van der Waals surface area contributed by atoms with E-state index >= 15 is 0 Å². The van der Waals surface area contributed by atoms with E-state index in [1.165, 1.54) is 12.1 Å². The Morgan fingerprint density at radius 2 is 1.50 bits per heavy atom. The van der Waals surface area contributed by atoms with Crippen molar-refractivity contribution in [2.75, 3.05) is 38.0 Å². The van der Waals surface area contributed by atoms with Crippen LogP contribution in [0.2, 0.25) is 0 Å². The summed E-state index contributed by atoms with van der Waals surface area (Å²) in [5, 5.41) is 2.60. The zero-order valence-corrected chi connectivity index (χ0v) is 15.1. The highest BCUT2D eigenvalue weighted by molar-refractivity contribution is 5.94. The third-order valence-electron chi connectivity index (χ3n) is 4.54. The molecule has 1 saturated heterocycles. The number of hydrogen-bond donors (Lipinski definition) is 1. The van der Waals surface area contributed by atoms with E-state index in [-0.39, 0.29) is 18.4 Å². The number of nitrogens with one attached hydrogen (secondary N) is 1. The number of halogens is 3. The number of anilines is 1. The summed E-state index contributed by atoms with van der Waals surface area (Å²) in [5.74, 6) is -0.336. The lowest BCUT2D eigenvalue weighted by Gasteiger charge is -2.34. The Kier molecular flexibility index (Phi) is 5.99. The summed E-state index contributed by atoms with van der Waals surface area (Å²) < 4.78 is 37.7. The molecule has 0 atom stereocenters. The minimum absolute atomic E-state index is 0.0329. The minimum Gasteiger partial charge on any atom is -0.336 e. The summed E-state index contributed by atoms with van der Waals surface area (Å²) in [4.78, 5) is 28.2. The Morgan fingerprint density at radius 3 is 2.07 bits per heavy atom. The highest BCUT2D eigenvalue weighted by atomic mass is 19.4. The fourth-order valence-electron chi connectivity index (χ4n) is 3.02. The molecule has 0 unspecified atom stereocenters. The van der Waals surface area contributed by atoms with Crippen LogP contribution in [0.3, 0.4) is 0 Å². The zero-order valence-electron chi connectivity index (χ0n) is 15.1. The zero-order chi connectivity index (χ0) is 20.1. The van der Waals surface area contributed by atoms with Crippen LogP contribution in [-0.4, -0.2) is 54.3 Å². The van der Waals surface area contributed by atoms with Crippen LogP contribution in [0, 0.1) is 0 Å². The van der Waals surface area contributed by atoms with Crippen LogP contribution in [0.15, 0.2) is 54.6 Å². The molecule has 5 nitrogen and oxygen atoms in total. The van der Waals surface area contributed by atoms with Gasteiger partial charge in [0, 0.05) is 37.4 Å². The van der Waals surface area contributed by atoms with Gasteiger partial charge in [-0.3, -0.25) is 14.5 Å². The van der Waals surface area contributed by atoms with E-state index in [9.17, 15) is 22.8 Å². The molecule has 28 heavy (non-hydrogen) atoms. The Morgan fingerprint density at radius 1 is 0.893 bits per heavy atom. The first kappa shape index (κ1) is 19.9. The van der Waals surface area contributed by atoms with Gasteiger partial charge in [0.25, 0.3) is 5.91 Å². The van der Waals surface area contributed by atoms with Gasteiger partial charge in [0.15, 0.2) is 0 Å². The number of alkyl halides is 3. The van der Waals surface area contributed by atoms with Gasteiger partial charge in [-0.1, -0.05) is 18.2 Å². The molecule has 148 valence electrons. The second-order valence-electron chi connectivity index (χ2n) is 6.56. The molecule has 0 spiro atoms. The van der Waals surface area contributed by atoms with E-state index < -0.39 is 11.7 Å². The van der Waals surface area contributed by atoms with Gasteiger partial charge in [-0.15, -0.1) is 0 Å². The lowest BCUT2D eigenvalue weighted by Crippen LogP contribution is -2.50. The van der Waals surface area contributed by atoms with Gasteiger partial charge in [-0.05, 0) is 36.4 Å². The van der Waals surface area contributed by atoms with Crippen LogP contribution >= 0.6 is 0 Å². The van der Waals surface area contributed by atoms with Gasteiger partial charge in [0.1, 0.15) is 0 Å². The predicted octanol–water partition coefficient (Wildman–Crippen LogP) is 3.10. The molecule has 1 N–H and O–H groups in total. The average molecular weight is 391 g/mol. The number of rotatable bonds is 4. The molecule has 2 aromatic carbocycles. The van der Waals surface area contributed by atoms with Crippen LogP contribution < -0.4 is 5.32 Å². The predicted molar refractivity (Wildman–Crippen MR) is 98.9 cm³/mol. The first-order valence-corrected chi connectivity index (χ1v) is 8.87. The van der Waals surface area contributed by atoms with Crippen molar-refractivity contribution in [1.29, 1.82) is 0 Å². The highest BCUT2D eigenvalue weighted by Crippen LogP contribution is 2.29. The molecule has 0 aliphatic carbocycles. The molecule has 2 aromatic rings. The van der Waals surface area contributed by atoms with Crippen molar-refractivity contribution >= 4 is 17.5 Å². The second-order valence-corrected chi connectivity index (χ2v) is 6.56.